The summed E-state index contributed by atoms with van der Waals surface area (Å²) >= 11 is 1.68. The zero-order chi connectivity index (χ0) is 15.6. The first kappa shape index (κ1) is 15.3. The molecule has 0 N–H and O–H groups in total. The zero-order valence-electron chi connectivity index (χ0n) is 13.6. The van der Waals surface area contributed by atoms with Crippen molar-refractivity contribution in [2.24, 2.45) is 0 Å². The highest BCUT2D eigenvalue weighted by molar-refractivity contribution is 7.09. The van der Waals surface area contributed by atoms with Crippen LogP contribution in [0.2, 0.25) is 0 Å². The molecular formula is C17H24N4OS. The Morgan fingerprint density at radius 2 is 2.22 bits per heavy atom. The number of ether oxygens (including phenoxy) is 1. The number of aryl methyl sites for hydroxylation is 1. The van der Waals surface area contributed by atoms with Gasteiger partial charge >= 0.3 is 0 Å². The summed E-state index contributed by atoms with van der Waals surface area (Å²) in [7, 11) is 0. The molecule has 0 bridgehead atoms. The average molecular weight is 332 g/mol. The van der Waals surface area contributed by atoms with Gasteiger partial charge in [-0.15, -0.1) is 11.3 Å². The monoisotopic (exact) mass is 332 g/mol. The Morgan fingerprint density at radius 1 is 1.35 bits per heavy atom. The molecule has 5 nitrogen and oxygen atoms in total. The summed E-state index contributed by atoms with van der Waals surface area (Å²) in [5, 5.41) is 3.19. The predicted molar refractivity (Wildman–Crippen MR) is 90.4 cm³/mol. The second-order valence-electron chi connectivity index (χ2n) is 6.69. The second kappa shape index (κ2) is 6.71. The second-order valence-corrected chi connectivity index (χ2v) is 7.75. The summed E-state index contributed by atoms with van der Waals surface area (Å²) < 4.78 is 8.28. The minimum Gasteiger partial charge on any atom is -0.373 e. The van der Waals surface area contributed by atoms with Crippen LogP contribution < -0.4 is 0 Å². The molecule has 0 radical (unpaired) electrons. The number of thiazole rings is 1. The lowest BCUT2D eigenvalue weighted by Gasteiger charge is -2.37. The first-order valence-electron chi connectivity index (χ1n) is 8.53. The van der Waals surface area contributed by atoms with Gasteiger partial charge in [0.2, 0.25) is 0 Å². The van der Waals surface area contributed by atoms with Crippen LogP contribution in [0.5, 0.6) is 0 Å². The number of rotatable bonds is 5. The lowest BCUT2D eigenvalue weighted by molar-refractivity contribution is 0.0473. The molecule has 23 heavy (non-hydrogen) atoms. The fraction of sp³-hybridized carbons (Fsp3) is 0.647. The van der Waals surface area contributed by atoms with Gasteiger partial charge in [0, 0.05) is 30.7 Å². The molecule has 2 aromatic rings. The van der Waals surface area contributed by atoms with E-state index in [0.29, 0.717) is 12.6 Å². The molecule has 1 aliphatic heterocycles. The predicted octanol–water partition coefficient (Wildman–Crippen LogP) is 3.16. The van der Waals surface area contributed by atoms with Crippen molar-refractivity contribution in [2.45, 2.75) is 57.8 Å². The number of fused-ring (bicyclic) bond motifs is 1. The molecule has 0 saturated heterocycles. The van der Waals surface area contributed by atoms with Gasteiger partial charge in [-0.1, -0.05) is 12.8 Å². The molecule has 0 spiro atoms. The maximum absolute atomic E-state index is 5.98. The molecule has 1 saturated carbocycles. The van der Waals surface area contributed by atoms with Crippen molar-refractivity contribution in [1.29, 1.82) is 0 Å². The van der Waals surface area contributed by atoms with E-state index < -0.39 is 0 Å². The van der Waals surface area contributed by atoms with E-state index in [1.54, 1.807) is 11.3 Å². The number of nitrogens with zero attached hydrogens (tertiary/aromatic N) is 4. The van der Waals surface area contributed by atoms with Gasteiger partial charge in [0.1, 0.15) is 0 Å². The summed E-state index contributed by atoms with van der Waals surface area (Å²) in [6, 6.07) is 1.11. The highest BCUT2D eigenvalue weighted by atomic mass is 32.1. The van der Waals surface area contributed by atoms with Crippen LogP contribution in [0.15, 0.2) is 17.9 Å². The van der Waals surface area contributed by atoms with E-state index in [4.69, 9.17) is 4.74 Å². The van der Waals surface area contributed by atoms with E-state index >= 15 is 0 Å². The summed E-state index contributed by atoms with van der Waals surface area (Å²) in [6.45, 7) is 5.47. The van der Waals surface area contributed by atoms with Gasteiger partial charge in [0.05, 0.1) is 42.0 Å². The molecule has 1 aliphatic carbocycles. The Labute approximate surface area is 141 Å². The maximum atomic E-state index is 5.98. The van der Waals surface area contributed by atoms with E-state index in [2.05, 4.69) is 24.8 Å². The zero-order valence-corrected chi connectivity index (χ0v) is 14.5. The first-order valence-corrected chi connectivity index (χ1v) is 9.41. The van der Waals surface area contributed by atoms with E-state index in [-0.39, 0.29) is 0 Å². The maximum Gasteiger partial charge on any atom is 0.0952 e. The highest BCUT2D eigenvalue weighted by Gasteiger charge is 2.31. The summed E-state index contributed by atoms with van der Waals surface area (Å²) in [5.74, 6) is 0. The smallest absolute Gasteiger partial charge is 0.0952 e. The third-order valence-corrected chi connectivity index (χ3v) is 5.84. The molecule has 1 atom stereocenters. The molecule has 2 aromatic heterocycles. The minimum atomic E-state index is 0.363. The molecule has 0 aromatic carbocycles. The largest absolute Gasteiger partial charge is 0.373 e. The molecule has 2 aliphatic rings. The third kappa shape index (κ3) is 3.34. The molecule has 0 amide bonds. The van der Waals surface area contributed by atoms with Crippen LogP contribution in [0, 0.1) is 6.92 Å². The van der Waals surface area contributed by atoms with E-state index in [1.807, 2.05) is 19.4 Å². The van der Waals surface area contributed by atoms with Crippen molar-refractivity contribution in [3.05, 3.63) is 34.3 Å². The summed E-state index contributed by atoms with van der Waals surface area (Å²) in [5.41, 5.74) is 2.36. The van der Waals surface area contributed by atoms with Crippen molar-refractivity contribution in [2.75, 3.05) is 13.2 Å². The molecule has 1 fully saturated rings. The Bertz CT molecular complexity index is 647. The van der Waals surface area contributed by atoms with Crippen LogP contribution in [0.1, 0.15) is 48.1 Å². The van der Waals surface area contributed by atoms with E-state index in [9.17, 15) is 0 Å². The van der Waals surface area contributed by atoms with Crippen LogP contribution in [-0.4, -0.2) is 38.6 Å². The van der Waals surface area contributed by atoms with Gasteiger partial charge in [-0.25, -0.2) is 9.97 Å². The Morgan fingerprint density at radius 3 is 3.00 bits per heavy atom. The molecule has 6 heteroatoms. The number of hydrogen-bond acceptors (Lipinski definition) is 5. The van der Waals surface area contributed by atoms with Crippen molar-refractivity contribution in [3.8, 4) is 0 Å². The topological polar surface area (TPSA) is 43.2 Å². The van der Waals surface area contributed by atoms with Gasteiger partial charge in [0.15, 0.2) is 0 Å². The van der Waals surface area contributed by atoms with Crippen molar-refractivity contribution < 1.29 is 4.74 Å². The average Bonchev–Trinajstić information content (AvgIpc) is 3.28. The Kier molecular flexibility index (Phi) is 4.46. The fourth-order valence-corrected chi connectivity index (χ4v) is 4.47. The van der Waals surface area contributed by atoms with Crippen LogP contribution in [0.4, 0.5) is 0 Å². The third-order valence-electron chi connectivity index (χ3n) is 5.02. The molecule has 0 unspecified atom stereocenters. The number of imidazole rings is 1. The van der Waals surface area contributed by atoms with E-state index in [1.165, 1.54) is 31.4 Å². The van der Waals surface area contributed by atoms with Crippen LogP contribution in [0.3, 0.4) is 0 Å². The summed E-state index contributed by atoms with van der Waals surface area (Å²) in [6.07, 6.45) is 9.43. The molecule has 4 rings (SSSR count). The molecule has 124 valence electrons. The van der Waals surface area contributed by atoms with Gasteiger partial charge in [0.25, 0.3) is 0 Å². The first-order chi connectivity index (χ1) is 11.3. The lowest BCUT2D eigenvalue weighted by atomic mass is 10.1. The summed E-state index contributed by atoms with van der Waals surface area (Å²) in [4.78, 5) is 11.5. The number of hydrogen-bond donors (Lipinski definition) is 0. The number of aromatic nitrogens is 3. The van der Waals surface area contributed by atoms with Gasteiger partial charge in [-0.3, -0.25) is 4.90 Å². The molecular weight excluding hydrogens is 308 g/mol. The standard InChI is InChI=1S/C17H24N4OS/c1-13-19-14(11-23-13)9-22-10-17-8-20(15-4-2-3-5-15)7-16-6-18-12-21(16)17/h6,11-12,15,17H,2-5,7-10H2,1H3/t17-/m1/s1. The van der Waals surface area contributed by atoms with Crippen molar-refractivity contribution in [1.82, 2.24) is 19.4 Å². The SMILES string of the molecule is Cc1nc(COC[C@H]2CN(C3CCCC3)Cc3cncn32)cs1. The normalized spacial score (nSPS) is 22.6. The van der Waals surface area contributed by atoms with Crippen molar-refractivity contribution >= 4 is 11.3 Å². The lowest BCUT2D eigenvalue weighted by Crippen LogP contribution is -2.43. The highest BCUT2D eigenvalue weighted by Crippen LogP contribution is 2.30. The van der Waals surface area contributed by atoms with Crippen LogP contribution in [0.25, 0.3) is 0 Å². The van der Waals surface area contributed by atoms with Gasteiger partial charge in [-0.05, 0) is 19.8 Å². The minimum absolute atomic E-state index is 0.363. The van der Waals surface area contributed by atoms with Crippen LogP contribution in [-0.2, 0) is 17.9 Å². The molecule has 3 heterocycles. The van der Waals surface area contributed by atoms with Crippen molar-refractivity contribution in [3.63, 3.8) is 0 Å². The van der Waals surface area contributed by atoms with Crippen LogP contribution >= 0.6 is 11.3 Å². The van der Waals surface area contributed by atoms with Gasteiger partial charge < -0.3 is 9.30 Å². The van der Waals surface area contributed by atoms with Gasteiger partial charge in [-0.2, -0.15) is 0 Å². The van der Waals surface area contributed by atoms with E-state index in [0.717, 1.165) is 36.4 Å². The Hall–Kier alpha value is -1.24. The quantitative estimate of drug-likeness (QED) is 0.843. The fourth-order valence-electron chi connectivity index (χ4n) is 3.87. The Balaban J connectivity index is 1.40.